The van der Waals surface area contributed by atoms with Crippen molar-refractivity contribution in [2.45, 2.75) is 12.5 Å². The number of amides is 2. The van der Waals surface area contributed by atoms with Gasteiger partial charge in [-0.3, -0.25) is 14.6 Å². The molecule has 1 aromatic heterocycles. The van der Waals surface area contributed by atoms with Gasteiger partial charge in [-0.15, -0.1) is 0 Å². The van der Waals surface area contributed by atoms with Crippen LogP contribution in [0.4, 0.5) is 0 Å². The molecule has 1 aliphatic heterocycles. The van der Waals surface area contributed by atoms with E-state index >= 15 is 0 Å². The average molecular weight is 234 g/mol. The maximum atomic E-state index is 11.8. The number of primary amides is 1. The van der Waals surface area contributed by atoms with Gasteiger partial charge in [-0.1, -0.05) is 0 Å². The summed E-state index contributed by atoms with van der Waals surface area (Å²) in [5, 5.41) is 2.79. The monoisotopic (exact) mass is 234 g/mol. The normalized spacial score (nSPS) is 18.9. The molecule has 2 heterocycles. The second kappa shape index (κ2) is 4.92. The Morgan fingerprint density at radius 3 is 3.06 bits per heavy atom. The van der Waals surface area contributed by atoms with Gasteiger partial charge in [-0.2, -0.15) is 0 Å². The van der Waals surface area contributed by atoms with E-state index in [1.807, 2.05) is 0 Å². The highest BCUT2D eigenvalue weighted by molar-refractivity contribution is 5.97. The highest BCUT2D eigenvalue weighted by Gasteiger charge is 2.19. The molecule has 2 rings (SSSR count). The lowest BCUT2D eigenvalue weighted by molar-refractivity contribution is 0.0929. The Bertz CT molecular complexity index is 441. The fourth-order valence-corrected chi connectivity index (χ4v) is 1.56. The fourth-order valence-electron chi connectivity index (χ4n) is 1.56. The van der Waals surface area contributed by atoms with E-state index in [1.54, 1.807) is 0 Å². The molecule has 17 heavy (non-hydrogen) atoms. The van der Waals surface area contributed by atoms with Crippen LogP contribution in [0.25, 0.3) is 0 Å². The Hall–Kier alpha value is -1.95. The van der Waals surface area contributed by atoms with Crippen molar-refractivity contribution in [1.82, 2.24) is 10.3 Å². The zero-order valence-electron chi connectivity index (χ0n) is 9.10. The maximum absolute atomic E-state index is 11.8. The van der Waals surface area contributed by atoms with Gasteiger partial charge in [0.15, 0.2) is 0 Å². The first-order chi connectivity index (χ1) is 8.16. The molecule has 0 aliphatic carbocycles. The second-order valence-electron chi connectivity index (χ2n) is 3.73. The number of carbonyl (C=O) groups is 2. The third-order valence-electron chi connectivity index (χ3n) is 2.44. The van der Waals surface area contributed by atoms with Crippen LogP contribution < -0.4 is 11.1 Å². The summed E-state index contributed by atoms with van der Waals surface area (Å²) in [5.41, 5.74) is 5.27. The van der Waals surface area contributed by atoms with Crippen LogP contribution in [0.2, 0.25) is 0 Å². The van der Waals surface area contributed by atoms with Crippen LogP contribution in [0.3, 0.4) is 0 Å². The number of pyridine rings is 1. The number of ether oxygens (including phenoxy) is 1. The Kier molecular flexibility index (Phi) is 3.34. The molecular weight excluding hydrogens is 222 g/mol. The third-order valence-corrected chi connectivity index (χ3v) is 2.44. The smallest absolute Gasteiger partial charge is 0.267 e. The summed E-state index contributed by atoms with van der Waals surface area (Å²) < 4.78 is 5.14. The van der Waals surface area contributed by atoms with E-state index in [0.29, 0.717) is 13.2 Å². The number of aromatic nitrogens is 1. The molecule has 3 N–H and O–H groups in total. The molecular formula is C11H12N3O3. The summed E-state index contributed by atoms with van der Waals surface area (Å²) in [6.07, 6.45) is 2.15. The SMILES string of the molecule is NC(=O)c1[c]c(C(=O)NC2CCOC2)ccn1. The molecule has 1 saturated heterocycles. The summed E-state index contributed by atoms with van der Waals surface area (Å²) in [5.74, 6) is -1.01. The highest BCUT2D eigenvalue weighted by atomic mass is 16.5. The first-order valence-corrected chi connectivity index (χ1v) is 5.23. The van der Waals surface area contributed by atoms with Crippen LogP contribution in [0, 0.1) is 6.07 Å². The fraction of sp³-hybridized carbons (Fsp3) is 0.364. The number of rotatable bonds is 3. The van der Waals surface area contributed by atoms with Gasteiger partial charge in [0.25, 0.3) is 11.8 Å². The van der Waals surface area contributed by atoms with Gasteiger partial charge in [0.05, 0.1) is 18.2 Å². The van der Waals surface area contributed by atoms with Gasteiger partial charge in [-0.05, 0) is 12.5 Å². The van der Waals surface area contributed by atoms with Crippen LogP contribution in [0.1, 0.15) is 27.3 Å². The van der Waals surface area contributed by atoms with Gasteiger partial charge >= 0.3 is 0 Å². The molecule has 0 saturated carbocycles. The molecule has 1 aliphatic rings. The van der Waals surface area contributed by atoms with E-state index in [0.717, 1.165) is 6.42 Å². The summed E-state index contributed by atoms with van der Waals surface area (Å²) >= 11 is 0. The van der Waals surface area contributed by atoms with Crippen molar-refractivity contribution in [1.29, 1.82) is 0 Å². The van der Waals surface area contributed by atoms with E-state index in [1.165, 1.54) is 12.3 Å². The summed E-state index contributed by atoms with van der Waals surface area (Å²) in [6.45, 7) is 1.16. The molecule has 1 radical (unpaired) electrons. The predicted molar refractivity (Wildman–Crippen MR) is 58.3 cm³/mol. The lowest BCUT2D eigenvalue weighted by Gasteiger charge is -2.10. The molecule has 89 valence electrons. The van der Waals surface area contributed by atoms with Crippen molar-refractivity contribution in [3.8, 4) is 0 Å². The number of nitrogens with two attached hydrogens (primary N) is 1. The van der Waals surface area contributed by atoms with Crippen LogP contribution in [0.15, 0.2) is 12.3 Å². The van der Waals surface area contributed by atoms with E-state index in [4.69, 9.17) is 10.5 Å². The Balaban J connectivity index is 2.07. The third kappa shape index (κ3) is 2.79. The number of nitrogens with zero attached hydrogens (tertiary/aromatic N) is 1. The summed E-state index contributed by atoms with van der Waals surface area (Å²) in [6, 6.07) is 4.08. The standard InChI is InChI=1S/C11H12N3O3/c12-10(15)9-5-7(1-3-13-9)11(16)14-8-2-4-17-6-8/h1,3,8H,2,4,6H2,(H2,12,15)(H,14,16). The van der Waals surface area contributed by atoms with Crippen LogP contribution in [-0.4, -0.2) is 36.1 Å². The number of hydrogen-bond acceptors (Lipinski definition) is 4. The van der Waals surface area contributed by atoms with Crippen LogP contribution in [-0.2, 0) is 4.74 Å². The number of hydrogen-bond donors (Lipinski definition) is 2. The van der Waals surface area contributed by atoms with Gasteiger partial charge in [0, 0.05) is 18.9 Å². The Morgan fingerprint density at radius 1 is 1.59 bits per heavy atom. The minimum Gasteiger partial charge on any atom is -0.379 e. The van der Waals surface area contributed by atoms with E-state index < -0.39 is 5.91 Å². The molecule has 2 amide bonds. The molecule has 1 unspecified atom stereocenters. The van der Waals surface area contributed by atoms with E-state index in [-0.39, 0.29) is 23.2 Å². The summed E-state index contributed by atoms with van der Waals surface area (Å²) in [4.78, 5) is 26.4. The van der Waals surface area contributed by atoms with Gasteiger partial charge in [-0.25, -0.2) is 0 Å². The molecule has 0 bridgehead atoms. The zero-order chi connectivity index (χ0) is 12.3. The quantitative estimate of drug-likeness (QED) is 0.737. The van der Waals surface area contributed by atoms with Gasteiger partial charge < -0.3 is 15.8 Å². The first-order valence-electron chi connectivity index (χ1n) is 5.23. The molecule has 1 fully saturated rings. The van der Waals surface area contributed by atoms with Crippen LogP contribution in [0.5, 0.6) is 0 Å². The molecule has 0 aromatic carbocycles. The van der Waals surface area contributed by atoms with Crippen molar-refractivity contribution >= 4 is 11.8 Å². The van der Waals surface area contributed by atoms with Crippen molar-refractivity contribution in [3.63, 3.8) is 0 Å². The number of carbonyl (C=O) groups excluding carboxylic acids is 2. The van der Waals surface area contributed by atoms with Gasteiger partial charge in [0.2, 0.25) is 0 Å². The predicted octanol–water partition coefficient (Wildman–Crippen LogP) is -0.501. The van der Waals surface area contributed by atoms with Crippen LogP contribution >= 0.6 is 0 Å². The lowest BCUT2D eigenvalue weighted by atomic mass is 10.2. The zero-order valence-corrected chi connectivity index (χ0v) is 9.10. The largest absolute Gasteiger partial charge is 0.379 e. The molecule has 6 heteroatoms. The first kappa shape index (κ1) is 11.5. The van der Waals surface area contributed by atoms with Crippen molar-refractivity contribution in [2.24, 2.45) is 5.73 Å². The second-order valence-corrected chi connectivity index (χ2v) is 3.73. The van der Waals surface area contributed by atoms with Crippen molar-refractivity contribution < 1.29 is 14.3 Å². The van der Waals surface area contributed by atoms with E-state index in [2.05, 4.69) is 16.4 Å². The Labute approximate surface area is 98.2 Å². The Morgan fingerprint density at radius 2 is 2.41 bits per heavy atom. The number of nitrogens with one attached hydrogen (secondary N) is 1. The highest BCUT2D eigenvalue weighted by Crippen LogP contribution is 2.06. The molecule has 6 nitrogen and oxygen atoms in total. The minimum atomic E-state index is -0.705. The van der Waals surface area contributed by atoms with Gasteiger partial charge in [0.1, 0.15) is 5.69 Å². The van der Waals surface area contributed by atoms with E-state index in [9.17, 15) is 9.59 Å². The van der Waals surface area contributed by atoms with Crippen molar-refractivity contribution in [3.05, 3.63) is 29.6 Å². The maximum Gasteiger partial charge on any atom is 0.267 e. The topological polar surface area (TPSA) is 94.3 Å². The van der Waals surface area contributed by atoms with Crippen molar-refractivity contribution in [2.75, 3.05) is 13.2 Å². The molecule has 1 aromatic rings. The summed E-state index contributed by atoms with van der Waals surface area (Å²) in [7, 11) is 0. The average Bonchev–Trinajstić information content (AvgIpc) is 2.82. The lowest BCUT2D eigenvalue weighted by Crippen LogP contribution is -2.35. The minimum absolute atomic E-state index is 0.0149. The molecule has 0 spiro atoms. The molecule has 1 atom stereocenters.